The van der Waals surface area contributed by atoms with Crippen LogP contribution in [0.5, 0.6) is 11.5 Å². The highest BCUT2D eigenvalue weighted by Crippen LogP contribution is 2.38. The molecule has 0 radical (unpaired) electrons. The number of ether oxygens (including phenoxy) is 2. The van der Waals surface area contributed by atoms with Crippen LogP contribution in [0.1, 0.15) is 30.3 Å². The number of likely N-dealkylation sites (tertiary alicyclic amines) is 1. The van der Waals surface area contributed by atoms with Gasteiger partial charge in [0.05, 0.1) is 15.1 Å². The summed E-state index contributed by atoms with van der Waals surface area (Å²) >= 11 is 6.97. The van der Waals surface area contributed by atoms with Crippen LogP contribution in [0.4, 0.5) is 8.78 Å². The first-order chi connectivity index (χ1) is 16.3. The molecular formula is C23H23ClF2N2O5S. The normalized spacial score (nSPS) is 18.2. The molecule has 2 atom stereocenters. The van der Waals surface area contributed by atoms with Crippen LogP contribution >= 0.6 is 22.9 Å². The fraction of sp³-hybridized carbons (Fsp3) is 0.435. The molecule has 2 aliphatic rings. The fourth-order valence-corrected chi connectivity index (χ4v) is 5.37. The van der Waals surface area contributed by atoms with Crippen molar-refractivity contribution < 1.29 is 32.6 Å². The largest absolute Gasteiger partial charge is 0.486 e. The number of aliphatic hydroxyl groups excluding tert-OH is 1. The number of hydrogen-bond donors (Lipinski definition) is 2. The summed E-state index contributed by atoms with van der Waals surface area (Å²) in [5.74, 6) is -5.22. The maximum Gasteiger partial charge on any atom is 0.381 e. The van der Waals surface area contributed by atoms with Crippen molar-refractivity contribution in [3.63, 3.8) is 0 Å². The number of nitrogens with one attached hydrogen (secondary N) is 1. The molecule has 34 heavy (non-hydrogen) atoms. The summed E-state index contributed by atoms with van der Waals surface area (Å²) in [7, 11) is 0. The third kappa shape index (κ3) is 4.59. The van der Waals surface area contributed by atoms with Gasteiger partial charge in [0.25, 0.3) is 5.91 Å². The third-order valence-corrected chi connectivity index (χ3v) is 7.22. The minimum Gasteiger partial charge on any atom is -0.486 e. The molecule has 1 fully saturated rings. The number of halogens is 3. The zero-order valence-corrected chi connectivity index (χ0v) is 19.6. The molecule has 7 nitrogen and oxygen atoms in total. The van der Waals surface area contributed by atoms with Gasteiger partial charge >= 0.3 is 5.92 Å². The zero-order valence-electron chi connectivity index (χ0n) is 18.1. The molecule has 2 N–H and O–H groups in total. The summed E-state index contributed by atoms with van der Waals surface area (Å²) in [6.45, 7) is 2.56. The molecule has 11 heteroatoms. The lowest BCUT2D eigenvalue weighted by atomic mass is 10.0. The summed E-state index contributed by atoms with van der Waals surface area (Å²) in [6.07, 6.45) is 0.709. The molecule has 0 spiro atoms. The van der Waals surface area contributed by atoms with Gasteiger partial charge in [-0.3, -0.25) is 4.79 Å². The van der Waals surface area contributed by atoms with E-state index in [2.05, 4.69) is 5.32 Å². The van der Waals surface area contributed by atoms with E-state index in [1.54, 1.807) is 18.2 Å². The maximum absolute atomic E-state index is 15.1. The first-order valence-electron chi connectivity index (χ1n) is 11.0. The number of benzene rings is 1. The third-order valence-electron chi connectivity index (χ3n) is 6.03. The van der Waals surface area contributed by atoms with Crippen molar-refractivity contribution >= 4 is 39.1 Å². The van der Waals surface area contributed by atoms with E-state index in [0.717, 1.165) is 43.3 Å². The SMILES string of the molecule is O=C(NC(CN1CCCC1)C(O)c1ccc2c(c1)OCCO2)C(F)(F)c1cc2sc(Cl)cc2o1. The second-order valence-electron chi connectivity index (χ2n) is 8.40. The molecule has 2 unspecified atom stereocenters. The van der Waals surface area contributed by atoms with Gasteiger partial charge in [0, 0.05) is 18.7 Å². The van der Waals surface area contributed by atoms with E-state index >= 15 is 8.78 Å². The molecule has 2 aromatic heterocycles. The van der Waals surface area contributed by atoms with E-state index in [1.807, 2.05) is 4.90 Å². The molecule has 2 aliphatic heterocycles. The zero-order chi connectivity index (χ0) is 23.9. The van der Waals surface area contributed by atoms with E-state index in [-0.39, 0.29) is 12.1 Å². The Kier molecular flexibility index (Phi) is 6.41. The number of furan rings is 1. The predicted octanol–water partition coefficient (Wildman–Crippen LogP) is 4.32. The standard InChI is InChI=1S/C23H23ClF2N2O5S/c24-20-10-17-18(34-20)11-19(33-17)23(25,26)22(30)27-14(12-28-5-1-2-6-28)21(29)13-3-4-15-16(9-13)32-8-7-31-15/h3-4,9-11,14,21,29H,1-2,5-8,12H2,(H,27,30). The molecule has 182 valence electrons. The van der Waals surface area contributed by atoms with Crippen molar-refractivity contribution in [2.45, 2.75) is 30.9 Å². The van der Waals surface area contributed by atoms with Crippen molar-refractivity contribution in [2.75, 3.05) is 32.8 Å². The van der Waals surface area contributed by atoms with Gasteiger partial charge in [-0.2, -0.15) is 8.78 Å². The van der Waals surface area contributed by atoms with E-state index in [1.165, 1.54) is 6.07 Å². The summed E-state index contributed by atoms with van der Waals surface area (Å²) in [5.41, 5.74) is 0.632. The molecule has 1 aromatic carbocycles. The van der Waals surface area contributed by atoms with Gasteiger partial charge in [0.1, 0.15) is 24.9 Å². The average molecular weight is 513 g/mol. The molecule has 0 saturated carbocycles. The van der Waals surface area contributed by atoms with Crippen LogP contribution in [0, 0.1) is 0 Å². The average Bonchev–Trinajstić information content (AvgIpc) is 3.55. The number of thiophene rings is 1. The number of carbonyl (C=O) groups excluding carboxylic acids is 1. The smallest absolute Gasteiger partial charge is 0.381 e. The molecule has 0 bridgehead atoms. The van der Waals surface area contributed by atoms with Gasteiger partial charge in [-0.25, -0.2) is 0 Å². The number of amides is 1. The Hall–Kier alpha value is -2.40. The maximum atomic E-state index is 15.1. The number of nitrogens with zero attached hydrogens (tertiary/aromatic N) is 1. The van der Waals surface area contributed by atoms with Crippen LogP contribution in [0.3, 0.4) is 0 Å². The van der Waals surface area contributed by atoms with E-state index < -0.39 is 29.7 Å². The lowest BCUT2D eigenvalue weighted by molar-refractivity contribution is -0.151. The topological polar surface area (TPSA) is 84.2 Å². The van der Waals surface area contributed by atoms with E-state index in [9.17, 15) is 9.90 Å². The number of rotatable bonds is 7. The first kappa shape index (κ1) is 23.3. The van der Waals surface area contributed by atoms with Gasteiger partial charge in [-0.15, -0.1) is 11.3 Å². The predicted molar refractivity (Wildman–Crippen MR) is 123 cm³/mol. The van der Waals surface area contributed by atoms with E-state index in [0.29, 0.717) is 39.3 Å². The van der Waals surface area contributed by atoms with Crippen molar-refractivity contribution in [1.29, 1.82) is 0 Å². The Bertz CT molecular complexity index is 1160. The monoisotopic (exact) mass is 512 g/mol. The molecule has 5 rings (SSSR count). The Balaban J connectivity index is 1.38. The minimum absolute atomic E-state index is 0.197. The first-order valence-corrected chi connectivity index (χ1v) is 12.2. The van der Waals surface area contributed by atoms with Crippen LogP contribution in [0.15, 0.2) is 34.7 Å². The Morgan fingerprint density at radius 2 is 1.91 bits per heavy atom. The van der Waals surface area contributed by atoms with Gasteiger partial charge < -0.3 is 29.2 Å². The lowest BCUT2D eigenvalue weighted by Gasteiger charge is -2.30. The van der Waals surface area contributed by atoms with Crippen LogP contribution in [-0.4, -0.2) is 54.8 Å². The van der Waals surface area contributed by atoms with Crippen molar-refractivity contribution in [3.05, 3.63) is 46.0 Å². The molecular weight excluding hydrogens is 490 g/mol. The fourth-order valence-electron chi connectivity index (χ4n) is 4.28. The van der Waals surface area contributed by atoms with Gasteiger partial charge in [0.15, 0.2) is 17.3 Å². The highest BCUT2D eigenvalue weighted by molar-refractivity contribution is 7.22. The number of carbonyl (C=O) groups is 1. The molecule has 4 heterocycles. The number of fused-ring (bicyclic) bond motifs is 2. The van der Waals surface area contributed by atoms with Gasteiger partial charge in [-0.05, 0) is 43.6 Å². The van der Waals surface area contributed by atoms with Gasteiger partial charge in [0.2, 0.25) is 0 Å². The number of aliphatic hydroxyl groups is 1. The van der Waals surface area contributed by atoms with Crippen molar-refractivity contribution in [1.82, 2.24) is 10.2 Å². The minimum atomic E-state index is -3.93. The quantitative estimate of drug-likeness (QED) is 0.490. The summed E-state index contributed by atoms with van der Waals surface area (Å²) < 4.78 is 47.3. The van der Waals surface area contributed by atoms with Crippen LogP contribution in [-0.2, 0) is 10.7 Å². The van der Waals surface area contributed by atoms with Crippen LogP contribution in [0.2, 0.25) is 4.34 Å². The highest BCUT2D eigenvalue weighted by atomic mass is 35.5. The molecule has 1 saturated heterocycles. The Morgan fingerprint density at radius 3 is 2.65 bits per heavy atom. The second kappa shape index (κ2) is 9.33. The molecule has 1 amide bonds. The van der Waals surface area contributed by atoms with Crippen LogP contribution in [0.25, 0.3) is 10.3 Å². The summed E-state index contributed by atoms with van der Waals surface area (Å²) in [6, 6.07) is 6.50. The summed E-state index contributed by atoms with van der Waals surface area (Å²) in [5, 5.41) is 13.5. The Morgan fingerprint density at radius 1 is 1.18 bits per heavy atom. The Labute approximate surface area is 203 Å². The number of alkyl halides is 2. The summed E-state index contributed by atoms with van der Waals surface area (Å²) in [4.78, 5) is 14.8. The van der Waals surface area contributed by atoms with Crippen molar-refractivity contribution in [2.24, 2.45) is 0 Å². The highest BCUT2D eigenvalue weighted by Gasteiger charge is 2.46. The number of hydrogen-bond acceptors (Lipinski definition) is 7. The van der Waals surface area contributed by atoms with Crippen molar-refractivity contribution in [3.8, 4) is 11.5 Å². The molecule has 0 aliphatic carbocycles. The molecule has 3 aromatic rings. The van der Waals surface area contributed by atoms with Crippen LogP contribution < -0.4 is 14.8 Å². The van der Waals surface area contributed by atoms with E-state index in [4.69, 9.17) is 25.5 Å². The second-order valence-corrected chi connectivity index (χ2v) is 10.1. The lowest BCUT2D eigenvalue weighted by Crippen LogP contribution is -2.50. The van der Waals surface area contributed by atoms with Gasteiger partial charge in [-0.1, -0.05) is 17.7 Å².